The Bertz CT molecular complexity index is 1370. The maximum atomic E-state index is 12.8. The van der Waals surface area contributed by atoms with Gasteiger partial charge in [0.1, 0.15) is 17.9 Å². The summed E-state index contributed by atoms with van der Waals surface area (Å²) in [4.78, 5) is 25.5. The van der Waals surface area contributed by atoms with Crippen molar-refractivity contribution < 1.29 is 39.5 Å². The number of carbonyl (C=O) groups is 2. The zero-order valence-corrected chi connectivity index (χ0v) is 30.1. The number of allylic oxidation sites excluding steroid dienone is 9. The van der Waals surface area contributed by atoms with Gasteiger partial charge in [0.2, 0.25) is 0 Å². The van der Waals surface area contributed by atoms with Gasteiger partial charge in [0.25, 0.3) is 0 Å². The van der Waals surface area contributed by atoms with E-state index in [1.165, 1.54) is 6.08 Å². The lowest BCUT2D eigenvalue weighted by atomic mass is 9.94. The molecule has 0 unspecified atom stereocenters. The van der Waals surface area contributed by atoms with E-state index >= 15 is 0 Å². The Kier molecular flexibility index (Phi) is 18.2. The highest BCUT2D eigenvalue weighted by Gasteiger charge is 2.25. The van der Waals surface area contributed by atoms with Crippen LogP contribution in [0.5, 0.6) is 0 Å². The molecule has 0 saturated carbocycles. The first kappa shape index (κ1) is 41.5. The molecule has 2 heterocycles. The van der Waals surface area contributed by atoms with Crippen molar-refractivity contribution in [1.82, 2.24) is 15.0 Å². The predicted molar refractivity (Wildman–Crippen MR) is 189 cm³/mol. The minimum absolute atomic E-state index is 0.0270. The standard InChI is InChI=1S/C38H57N3O8/c1-25(12-10-13-26(2)21-33(44)34(45)22-30(6)42)20-27(3)18-19-38(47)48-35-16-11-17-37(46)49-36(15-9-8-14-28(35)4)29(5)23-41-24-32(31(7)43)39-40-41/h8-10,12-13,18-21,24,28-31,33-36,42-45H,11,14-17,22-23H2,1-7H3/t28-,29-,30-,31-,33-,34-,35-,36+/m0/s1. The quantitative estimate of drug-likeness (QED) is 0.0865. The van der Waals surface area contributed by atoms with E-state index in [4.69, 9.17) is 9.47 Å². The van der Waals surface area contributed by atoms with Crippen LogP contribution in [-0.4, -0.2) is 77.9 Å². The molecule has 0 spiro atoms. The highest BCUT2D eigenvalue weighted by atomic mass is 16.5. The molecule has 4 N–H and O–H groups in total. The monoisotopic (exact) mass is 683 g/mol. The summed E-state index contributed by atoms with van der Waals surface area (Å²) in [6.07, 6.45) is 16.4. The zero-order chi connectivity index (χ0) is 36.5. The largest absolute Gasteiger partial charge is 0.462 e. The molecule has 2 rings (SSSR count). The molecule has 11 heteroatoms. The predicted octanol–water partition coefficient (Wildman–Crippen LogP) is 5.39. The molecule has 0 saturated heterocycles. The molecular weight excluding hydrogens is 626 g/mol. The van der Waals surface area contributed by atoms with E-state index in [0.29, 0.717) is 37.9 Å². The van der Waals surface area contributed by atoms with Crippen LogP contribution in [0.3, 0.4) is 0 Å². The molecule has 1 aliphatic heterocycles. The Morgan fingerprint density at radius 2 is 1.76 bits per heavy atom. The summed E-state index contributed by atoms with van der Waals surface area (Å²) in [6.45, 7) is 13.4. The summed E-state index contributed by atoms with van der Waals surface area (Å²) in [5, 5.41) is 47.2. The normalized spacial score (nSPS) is 23.8. The van der Waals surface area contributed by atoms with Crippen molar-refractivity contribution in [2.45, 2.75) is 130 Å². The van der Waals surface area contributed by atoms with Gasteiger partial charge in [0.15, 0.2) is 0 Å². The van der Waals surface area contributed by atoms with E-state index in [2.05, 4.69) is 16.4 Å². The van der Waals surface area contributed by atoms with Gasteiger partial charge in [-0.3, -0.25) is 9.48 Å². The van der Waals surface area contributed by atoms with Crippen LogP contribution in [0.2, 0.25) is 0 Å². The summed E-state index contributed by atoms with van der Waals surface area (Å²) < 4.78 is 13.4. The van der Waals surface area contributed by atoms with E-state index in [-0.39, 0.29) is 42.9 Å². The van der Waals surface area contributed by atoms with Gasteiger partial charge in [-0.2, -0.15) is 0 Å². The molecular formula is C38H57N3O8. The van der Waals surface area contributed by atoms with Crippen molar-refractivity contribution in [2.24, 2.45) is 11.8 Å². The van der Waals surface area contributed by atoms with Crippen LogP contribution in [0, 0.1) is 11.8 Å². The molecule has 1 aromatic rings. The SMILES string of the molecule is CC(=CC=CC(C)=C[C@H](O)[C@@H](O)C[C@H](C)O)C=C(C)C=CC(=O)O[C@H]1CCCC(=O)O[C@@H]([C@@H](C)Cn2cc([C@H](C)O)nn2)CC=CC[C@@H]1C. The third-order valence-corrected chi connectivity index (χ3v) is 8.26. The van der Waals surface area contributed by atoms with Gasteiger partial charge in [0, 0.05) is 37.8 Å². The summed E-state index contributed by atoms with van der Waals surface area (Å²) in [7, 11) is 0. The number of esters is 2. The van der Waals surface area contributed by atoms with E-state index in [1.54, 1.807) is 36.9 Å². The minimum atomic E-state index is -1.07. The lowest BCUT2D eigenvalue weighted by Crippen LogP contribution is -2.29. The molecule has 0 aromatic carbocycles. The molecule has 0 radical (unpaired) electrons. The lowest BCUT2D eigenvalue weighted by molar-refractivity contribution is -0.152. The summed E-state index contributed by atoms with van der Waals surface area (Å²) >= 11 is 0. The number of aliphatic hydroxyl groups is 4. The highest BCUT2D eigenvalue weighted by Crippen LogP contribution is 2.23. The number of rotatable bonds is 14. The second-order valence-corrected chi connectivity index (χ2v) is 13.4. The van der Waals surface area contributed by atoms with E-state index in [0.717, 1.165) is 16.7 Å². The summed E-state index contributed by atoms with van der Waals surface area (Å²) in [5.74, 6) is -0.702. The highest BCUT2D eigenvalue weighted by molar-refractivity contribution is 5.82. The summed E-state index contributed by atoms with van der Waals surface area (Å²) in [5.41, 5.74) is 3.07. The van der Waals surface area contributed by atoms with E-state index in [9.17, 15) is 30.0 Å². The molecule has 1 aliphatic rings. The Balaban J connectivity index is 1.94. The van der Waals surface area contributed by atoms with Crippen molar-refractivity contribution in [3.05, 3.63) is 83.3 Å². The second-order valence-electron chi connectivity index (χ2n) is 13.4. The molecule has 49 heavy (non-hydrogen) atoms. The number of cyclic esters (lactones) is 1. The third-order valence-electron chi connectivity index (χ3n) is 8.26. The fourth-order valence-electron chi connectivity index (χ4n) is 5.35. The first-order valence-electron chi connectivity index (χ1n) is 17.2. The van der Waals surface area contributed by atoms with E-state index in [1.807, 2.05) is 65.0 Å². The number of ether oxygens (including phenoxy) is 2. The zero-order valence-electron chi connectivity index (χ0n) is 30.1. The van der Waals surface area contributed by atoms with Gasteiger partial charge in [-0.05, 0) is 59.8 Å². The van der Waals surface area contributed by atoms with Crippen LogP contribution >= 0.6 is 0 Å². The Morgan fingerprint density at radius 1 is 1.04 bits per heavy atom. The number of hydrogen-bond acceptors (Lipinski definition) is 10. The average molecular weight is 684 g/mol. The number of carbonyl (C=O) groups excluding carboxylic acids is 2. The molecule has 8 atom stereocenters. The van der Waals surface area contributed by atoms with Crippen molar-refractivity contribution in [2.75, 3.05) is 0 Å². The molecule has 272 valence electrons. The first-order valence-corrected chi connectivity index (χ1v) is 17.2. The summed E-state index contributed by atoms with van der Waals surface area (Å²) in [6, 6.07) is 0. The van der Waals surface area contributed by atoms with Gasteiger partial charge in [-0.15, -0.1) is 5.10 Å². The number of aliphatic hydroxyl groups excluding tert-OH is 4. The maximum absolute atomic E-state index is 12.8. The van der Waals surface area contributed by atoms with Gasteiger partial charge >= 0.3 is 11.9 Å². The Hall–Kier alpha value is -3.64. The van der Waals surface area contributed by atoms with Crippen molar-refractivity contribution >= 4 is 11.9 Å². The Labute approximate surface area is 291 Å². The first-order chi connectivity index (χ1) is 23.1. The molecule has 0 bridgehead atoms. The molecule has 0 aliphatic carbocycles. The van der Waals surface area contributed by atoms with Crippen LogP contribution in [0.1, 0.15) is 98.8 Å². The number of aromatic nitrogens is 3. The van der Waals surface area contributed by atoms with Crippen LogP contribution in [0.4, 0.5) is 0 Å². The van der Waals surface area contributed by atoms with E-state index < -0.39 is 30.4 Å². The second kappa shape index (κ2) is 21.4. The fourth-order valence-corrected chi connectivity index (χ4v) is 5.35. The third kappa shape index (κ3) is 16.5. The number of nitrogens with zero attached hydrogens (tertiary/aromatic N) is 3. The minimum Gasteiger partial charge on any atom is -0.462 e. The van der Waals surface area contributed by atoms with Gasteiger partial charge in [0.05, 0.1) is 30.6 Å². The molecule has 1 aromatic heterocycles. The van der Waals surface area contributed by atoms with Gasteiger partial charge in [-0.25, -0.2) is 4.79 Å². The van der Waals surface area contributed by atoms with Crippen molar-refractivity contribution in [3.63, 3.8) is 0 Å². The Morgan fingerprint density at radius 3 is 2.43 bits per heavy atom. The molecule has 11 nitrogen and oxygen atoms in total. The van der Waals surface area contributed by atoms with Crippen LogP contribution in [-0.2, 0) is 25.6 Å². The smallest absolute Gasteiger partial charge is 0.331 e. The fraction of sp³-hybridized carbons (Fsp3) is 0.579. The topological polar surface area (TPSA) is 164 Å². The van der Waals surface area contributed by atoms with Crippen molar-refractivity contribution in [3.8, 4) is 0 Å². The van der Waals surface area contributed by atoms with Crippen LogP contribution < -0.4 is 0 Å². The van der Waals surface area contributed by atoms with Gasteiger partial charge < -0.3 is 29.9 Å². The number of hydrogen-bond donors (Lipinski definition) is 4. The molecule has 0 fully saturated rings. The van der Waals surface area contributed by atoms with Gasteiger partial charge in [-0.1, -0.05) is 84.4 Å². The maximum Gasteiger partial charge on any atom is 0.331 e. The molecule has 0 amide bonds. The lowest BCUT2D eigenvalue weighted by Gasteiger charge is -2.26. The van der Waals surface area contributed by atoms with Crippen LogP contribution in [0.15, 0.2) is 77.6 Å². The van der Waals surface area contributed by atoms with Crippen LogP contribution in [0.25, 0.3) is 0 Å². The average Bonchev–Trinajstić information content (AvgIpc) is 3.48. The van der Waals surface area contributed by atoms with Crippen molar-refractivity contribution in [1.29, 1.82) is 0 Å².